The second kappa shape index (κ2) is 11.0. The van der Waals surface area contributed by atoms with Gasteiger partial charge in [0.1, 0.15) is 11.5 Å². The first-order valence-corrected chi connectivity index (χ1v) is 15.3. The SMILES string of the molecule is C=CC1=CC[C@H]2C(=O)N(c3cc(-c4sc5ccc(Cl)cc5c4C)nn3C)C(=O)[C@@]2(C)[C@H]1C=Cc1cc(OC)c(O)c(OC)c1. The molecular weight excluding hydrogens is 598 g/mol. The van der Waals surface area contributed by atoms with Crippen LogP contribution in [0.1, 0.15) is 24.5 Å². The molecule has 1 N–H and O–H groups in total. The minimum absolute atomic E-state index is 0.0964. The Hall–Kier alpha value is -4.34. The summed E-state index contributed by atoms with van der Waals surface area (Å²) < 4.78 is 13.3. The summed E-state index contributed by atoms with van der Waals surface area (Å²) >= 11 is 7.86. The van der Waals surface area contributed by atoms with Crippen molar-refractivity contribution in [1.29, 1.82) is 0 Å². The molecule has 10 heteroatoms. The molecule has 1 saturated heterocycles. The molecule has 2 aromatic heterocycles. The Bertz CT molecular complexity index is 1900. The number of rotatable bonds is 7. The highest BCUT2D eigenvalue weighted by Crippen LogP contribution is 2.54. The number of phenolic OH excluding ortho intramolecular Hbond substituents is 1. The third-order valence-electron chi connectivity index (χ3n) is 8.93. The number of allylic oxidation sites excluding steroid dienone is 4. The Morgan fingerprint density at radius 3 is 2.52 bits per heavy atom. The van der Waals surface area contributed by atoms with Crippen molar-refractivity contribution in [2.24, 2.45) is 24.3 Å². The van der Waals surface area contributed by atoms with E-state index in [1.807, 2.05) is 56.3 Å². The molecule has 226 valence electrons. The Labute approximate surface area is 264 Å². The molecule has 3 heterocycles. The van der Waals surface area contributed by atoms with Gasteiger partial charge in [0.2, 0.25) is 17.6 Å². The minimum atomic E-state index is -1.06. The van der Waals surface area contributed by atoms with E-state index in [4.69, 9.17) is 26.2 Å². The van der Waals surface area contributed by atoms with Crippen LogP contribution in [0.15, 0.2) is 66.8 Å². The van der Waals surface area contributed by atoms with E-state index in [1.165, 1.54) is 19.1 Å². The van der Waals surface area contributed by atoms with Crippen LogP contribution in [0.3, 0.4) is 0 Å². The highest BCUT2D eigenvalue weighted by atomic mass is 35.5. The van der Waals surface area contributed by atoms with Crippen LogP contribution in [0.2, 0.25) is 5.02 Å². The summed E-state index contributed by atoms with van der Waals surface area (Å²) in [5, 5.41) is 16.8. The van der Waals surface area contributed by atoms with E-state index in [0.29, 0.717) is 28.5 Å². The van der Waals surface area contributed by atoms with Crippen molar-refractivity contribution < 1.29 is 24.2 Å². The average molecular weight is 630 g/mol. The molecule has 3 atom stereocenters. The van der Waals surface area contributed by atoms with Crippen molar-refractivity contribution in [2.75, 3.05) is 19.1 Å². The second-order valence-corrected chi connectivity index (χ2v) is 12.8. The van der Waals surface area contributed by atoms with Gasteiger partial charge in [-0.1, -0.05) is 42.5 Å². The number of thiophene rings is 1. The molecular formula is C34H32ClN3O5S. The van der Waals surface area contributed by atoms with Crippen LogP contribution < -0.4 is 14.4 Å². The highest BCUT2D eigenvalue weighted by Gasteiger charge is 2.61. The summed E-state index contributed by atoms with van der Waals surface area (Å²) in [6.45, 7) is 7.89. The number of halogens is 1. The van der Waals surface area contributed by atoms with Crippen LogP contribution in [-0.2, 0) is 16.6 Å². The number of hydrogen-bond donors (Lipinski definition) is 1. The number of methoxy groups -OCH3 is 2. The third-order valence-corrected chi connectivity index (χ3v) is 10.5. The number of aromatic hydroxyl groups is 1. The molecule has 6 rings (SSSR count). The van der Waals surface area contributed by atoms with Crippen LogP contribution in [0.25, 0.3) is 26.7 Å². The molecule has 44 heavy (non-hydrogen) atoms. The van der Waals surface area contributed by atoms with Crippen LogP contribution in [0.4, 0.5) is 5.82 Å². The van der Waals surface area contributed by atoms with Crippen LogP contribution in [-0.4, -0.2) is 40.9 Å². The first-order valence-electron chi connectivity index (χ1n) is 14.1. The molecule has 0 bridgehead atoms. The first-order chi connectivity index (χ1) is 21.0. The third kappa shape index (κ3) is 4.45. The fraction of sp³-hybridized carbons (Fsp3) is 0.265. The maximum absolute atomic E-state index is 14.4. The number of phenols is 1. The maximum Gasteiger partial charge on any atom is 0.242 e. The Morgan fingerprint density at radius 2 is 1.86 bits per heavy atom. The number of carbonyl (C=O) groups excluding carboxylic acids is 2. The first kappa shape index (κ1) is 29.7. The van der Waals surface area contributed by atoms with Gasteiger partial charge >= 0.3 is 0 Å². The van der Waals surface area contributed by atoms with E-state index < -0.39 is 17.3 Å². The van der Waals surface area contributed by atoms with Crippen molar-refractivity contribution in [1.82, 2.24) is 9.78 Å². The molecule has 0 radical (unpaired) electrons. The van der Waals surface area contributed by atoms with E-state index >= 15 is 0 Å². The molecule has 0 unspecified atom stereocenters. The van der Waals surface area contributed by atoms with Crippen molar-refractivity contribution >= 4 is 56.7 Å². The van der Waals surface area contributed by atoms with E-state index in [0.717, 1.165) is 26.1 Å². The van der Waals surface area contributed by atoms with Crippen LogP contribution >= 0.6 is 22.9 Å². The van der Waals surface area contributed by atoms with E-state index in [1.54, 1.807) is 41.3 Å². The molecule has 1 aliphatic carbocycles. The topological polar surface area (TPSA) is 93.9 Å². The number of amides is 2. The predicted molar refractivity (Wildman–Crippen MR) is 174 cm³/mol. The Kier molecular flexibility index (Phi) is 7.42. The standard InChI is InChI=1S/C34H32ClN3O5S/c1-7-20-9-12-24-32(40)38(29-17-25(36-37(29)4)31-18(2)22-16-21(35)10-13-28(22)44-31)33(41)34(24,3)23(20)11-8-19-14-26(42-5)30(39)27(15-19)43-6/h7-11,13-17,23-24,39H,1,12H2,2-6H3/t23-,24-,34-/m0/s1. The zero-order valence-electron chi connectivity index (χ0n) is 25.1. The number of imide groups is 1. The fourth-order valence-corrected chi connectivity index (χ4v) is 7.81. The summed E-state index contributed by atoms with van der Waals surface area (Å²) in [7, 11) is 4.68. The van der Waals surface area contributed by atoms with E-state index in [-0.39, 0.29) is 29.1 Å². The Morgan fingerprint density at radius 1 is 1.16 bits per heavy atom. The predicted octanol–water partition coefficient (Wildman–Crippen LogP) is 7.33. The van der Waals surface area contributed by atoms with Gasteiger partial charge in [-0.15, -0.1) is 11.3 Å². The normalized spacial score (nSPS) is 21.7. The van der Waals surface area contributed by atoms with Gasteiger partial charge in [-0.2, -0.15) is 5.10 Å². The van der Waals surface area contributed by atoms with Gasteiger partial charge in [-0.25, -0.2) is 4.90 Å². The number of aromatic nitrogens is 2. The molecule has 0 spiro atoms. The van der Waals surface area contributed by atoms with Crippen molar-refractivity contribution in [2.45, 2.75) is 20.3 Å². The molecule has 2 aliphatic rings. The number of carbonyl (C=O) groups is 2. The van der Waals surface area contributed by atoms with E-state index in [9.17, 15) is 14.7 Å². The lowest BCUT2D eigenvalue weighted by molar-refractivity contribution is -0.128. The lowest BCUT2D eigenvalue weighted by atomic mass is 9.62. The molecule has 1 aliphatic heterocycles. The molecule has 0 saturated carbocycles. The number of nitrogens with zero attached hydrogens (tertiary/aromatic N) is 3. The zero-order chi connectivity index (χ0) is 31.5. The lowest BCUT2D eigenvalue weighted by Gasteiger charge is -2.38. The summed E-state index contributed by atoms with van der Waals surface area (Å²) in [6.07, 6.45) is 7.92. The maximum atomic E-state index is 14.4. The molecule has 2 aromatic carbocycles. The minimum Gasteiger partial charge on any atom is -0.502 e. The number of fused-ring (bicyclic) bond motifs is 2. The average Bonchev–Trinajstić information content (AvgIpc) is 3.61. The molecule has 1 fully saturated rings. The van der Waals surface area contributed by atoms with Gasteiger partial charge in [0, 0.05) is 28.8 Å². The monoisotopic (exact) mass is 629 g/mol. The number of hydrogen-bond acceptors (Lipinski definition) is 7. The van der Waals surface area contributed by atoms with Crippen molar-refractivity contribution in [3.05, 3.63) is 82.9 Å². The van der Waals surface area contributed by atoms with Gasteiger partial charge < -0.3 is 14.6 Å². The van der Waals surface area contributed by atoms with Crippen molar-refractivity contribution in [3.63, 3.8) is 0 Å². The number of aryl methyl sites for hydroxylation is 2. The van der Waals surface area contributed by atoms with Gasteiger partial charge in [-0.3, -0.25) is 14.3 Å². The smallest absolute Gasteiger partial charge is 0.242 e. The van der Waals surface area contributed by atoms with Gasteiger partial charge in [0.25, 0.3) is 0 Å². The molecule has 8 nitrogen and oxygen atoms in total. The van der Waals surface area contributed by atoms with E-state index in [2.05, 4.69) is 6.58 Å². The van der Waals surface area contributed by atoms with Gasteiger partial charge in [0.05, 0.1) is 30.4 Å². The van der Waals surface area contributed by atoms with Gasteiger partial charge in [-0.05, 0) is 72.7 Å². The number of anilines is 1. The second-order valence-electron chi connectivity index (χ2n) is 11.3. The number of benzene rings is 2. The summed E-state index contributed by atoms with van der Waals surface area (Å²) in [6, 6.07) is 11.0. The largest absolute Gasteiger partial charge is 0.502 e. The van der Waals surface area contributed by atoms with Gasteiger partial charge in [0.15, 0.2) is 11.5 Å². The molecule has 2 amide bonds. The number of ether oxygens (including phenoxy) is 2. The fourth-order valence-electron chi connectivity index (χ4n) is 6.50. The molecule has 4 aromatic rings. The highest BCUT2D eigenvalue weighted by molar-refractivity contribution is 7.22. The van der Waals surface area contributed by atoms with Crippen LogP contribution in [0.5, 0.6) is 17.2 Å². The summed E-state index contributed by atoms with van der Waals surface area (Å²) in [4.78, 5) is 30.7. The summed E-state index contributed by atoms with van der Waals surface area (Å²) in [5.41, 5.74) is 2.24. The summed E-state index contributed by atoms with van der Waals surface area (Å²) in [5.74, 6) is -0.686. The zero-order valence-corrected chi connectivity index (χ0v) is 26.6. The van der Waals surface area contributed by atoms with Crippen molar-refractivity contribution in [3.8, 4) is 27.8 Å². The quantitative estimate of drug-likeness (QED) is 0.215. The van der Waals surface area contributed by atoms with Crippen LogP contribution in [0, 0.1) is 24.2 Å². The lowest BCUT2D eigenvalue weighted by Crippen LogP contribution is -2.42. The Balaban J connectivity index is 1.39.